The Morgan fingerprint density at radius 2 is 1.69 bits per heavy atom. The average Bonchev–Trinajstić information content (AvgIpc) is 3.32. The van der Waals surface area contributed by atoms with Crippen LogP contribution >= 0.6 is 0 Å². The van der Waals surface area contributed by atoms with E-state index in [9.17, 15) is 5.26 Å². The number of benzene rings is 3. The maximum Gasteiger partial charge on any atom is 0.216 e. The first kappa shape index (κ1) is 21.4. The molecule has 0 unspecified atom stereocenters. The Kier molecular flexibility index (Phi) is 4.56. The van der Waals surface area contributed by atoms with Crippen LogP contribution in [0.25, 0.3) is 44.3 Å². The molecule has 6 rings (SSSR count). The van der Waals surface area contributed by atoms with Crippen LogP contribution in [-0.4, -0.2) is 13.6 Å². The lowest BCUT2D eigenvalue weighted by Crippen LogP contribution is -2.30. The second-order valence-electron chi connectivity index (χ2n) is 10.4. The Labute approximate surface area is 205 Å². The minimum Gasteiger partial charge on any atom is -0.454 e. The summed E-state index contributed by atoms with van der Waals surface area (Å²) in [6, 6.07) is 23.4. The summed E-state index contributed by atoms with van der Waals surface area (Å²) in [4.78, 5) is 2.31. The van der Waals surface area contributed by atoms with E-state index in [0.717, 1.165) is 56.4 Å². The van der Waals surface area contributed by atoms with Crippen molar-refractivity contribution in [2.24, 2.45) is 7.05 Å². The van der Waals surface area contributed by atoms with Crippen LogP contribution in [0, 0.1) is 18.3 Å². The minimum absolute atomic E-state index is 0.0427. The first-order valence-corrected chi connectivity index (χ1v) is 12.0. The number of likely N-dealkylation sites (N-methyl/N-ethyl adjacent to an activating group) is 1. The number of nitrogens with zero attached hydrogens (tertiary/aromatic N) is 3. The van der Waals surface area contributed by atoms with E-state index in [1.165, 1.54) is 11.3 Å². The van der Waals surface area contributed by atoms with E-state index in [1.54, 1.807) is 0 Å². The lowest BCUT2D eigenvalue weighted by atomic mass is 9.85. The Morgan fingerprint density at radius 3 is 2.43 bits per heavy atom. The Balaban J connectivity index is 1.74. The zero-order chi connectivity index (χ0) is 24.5. The van der Waals surface area contributed by atoms with Crippen LogP contribution in [0.5, 0.6) is 0 Å². The van der Waals surface area contributed by atoms with Crippen molar-refractivity contribution in [3.63, 3.8) is 0 Å². The summed E-state index contributed by atoms with van der Waals surface area (Å²) in [5, 5.41) is 12.2. The van der Waals surface area contributed by atoms with Gasteiger partial charge in [-0.25, -0.2) is 4.57 Å². The molecular formula is C31H28N3O+. The van der Waals surface area contributed by atoms with Gasteiger partial charge in [0, 0.05) is 58.7 Å². The number of furan rings is 1. The number of anilines is 1. The molecule has 0 fully saturated rings. The minimum atomic E-state index is 0.0427. The smallest absolute Gasteiger partial charge is 0.216 e. The number of para-hydroxylation sites is 1. The average molecular weight is 459 g/mol. The molecule has 172 valence electrons. The molecule has 1 aliphatic heterocycles. The van der Waals surface area contributed by atoms with Gasteiger partial charge in [0.25, 0.3) is 0 Å². The Morgan fingerprint density at radius 1 is 0.943 bits per heavy atom. The topological polar surface area (TPSA) is 44.1 Å². The molecule has 0 bridgehead atoms. The standard InChI is InChI=1S/C31H28N3O/c1-19-12-14-21-22-15-13-20(17-32)27(23-9-8-10-24-28(23)34(5)18-31(24,2)3)30(22)35-29(21)26(19)25-11-6-7-16-33(25)4/h6-16H,18H2,1-5H3/q+1. The predicted molar refractivity (Wildman–Crippen MR) is 142 cm³/mol. The van der Waals surface area contributed by atoms with Gasteiger partial charge >= 0.3 is 0 Å². The molecular weight excluding hydrogens is 430 g/mol. The van der Waals surface area contributed by atoms with Crippen molar-refractivity contribution in [3.8, 4) is 28.5 Å². The van der Waals surface area contributed by atoms with Crippen molar-refractivity contribution >= 4 is 27.6 Å². The van der Waals surface area contributed by atoms with Crippen molar-refractivity contribution in [2.45, 2.75) is 26.2 Å². The lowest BCUT2D eigenvalue weighted by molar-refractivity contribution is -0.660. The first-order chi connectivity index (χ1) is 16.8. The third kappa shape index (κ3) is 3.01. The van der Waals surface area contributed by atoms with E-state index in [1.807, 2.05) is 18.2 Å². The number of nitriles is 1. The SMILES string of the molecule is Cc1ccc2c(oc3c(-c4cccc5c4N(C)CC5(C)C)c(C#N)ccc32)c1-c1cccc[n+]1C. The monoisotopic (exact) mass is 458 g/mol. The molecule has 0 amide bonds. The van der Waals surface area contributed by atoms with Crippen LogP contribution < -0.4 is 9.47 Å². The second-order valence-corrected chi connectivity index (χ2v) is 10.4. The quantitative estimate of drug-likeness (QED) is 0.278. The van der Waals surface area contributed by atoms with Gasteiger partial charge in [-0.1, -0.05) is 44.2 Å². The van der Waals surface area contributed by atoms with E-state index in [-0.39, 0.29) is 5.41 Å². The van der Waals surface area contributed by atoms with Crippen molar-refractivity contribution in [3.05, 3.63) is 83.6 Å². The van der Waals surface area contributed by atoms with Crippen LogP contribution in [0.4, 0.5) is 5.69 Å². The fourth-order valence-corrected chi connectivity index (χ4v) is 5.92. The van der Waals surface area contributed by atoms with Gasteiger partial charge in [0.1, 0.15) is 18.2 Å². The number of aryl methyl sites for hydroxylation is 2. The highest BCUT2D eigenvalue weighted by molar-refractivity contribution is 6.14. The van der Waals surface area contributed by atoms with Gasteiger partial charge in [-0.3, -0.25) is 0 Å². The molecule has 1 aliphatic rings. The number of hydrogen-bond acceptors (Lipinski definition) is 3. The zero-order valence-electron chi connectivity index (χ0n) is 20.8. The van der Waals surface area contributed by atoms with Crippen LogP contribution in [0.3, 0.4) is 0 Å². The summed E-state index contributed by atoms with van der Waals surface area (Å²) in [6.07, 6.45) is 2.06. The van der Waals surface area contributed by atoms with Gasteiger partial charge < -0.3 is 9.32 Å². The molecule has 0 N–H and O–H groups in total. The summed E-state index contributed by atoms with van der Waals surface area (Å²) in [5.41, 5.74) is 10.1. The largest absolute Gasteiger partial charge is 0.454 e. The molecule has 35 heavy (non-hydrogen) atoms. The van der Waals surface area contributed by atoms with E-state index >= 15 is 0 Å². The van der Waals surface area contributed by atoms with E-state index in [4.69, 9.17) is 4.42 Å². The Bertz CT molecular complexity index is 1700. The molecule has 2 aromatic heterocycles. The predicted octanol–water partition coefficient (Wildman–Crippen LogP) is 6.65. The van der Waals surface area contributed by atoms with Gasteiger partial charge in [0.2, 0.25) is 5.69 Å². The molecule has 0 spiro atoms. The van der Waals surface area contributed by atoms with Crippen LogP contribution in [0.1, 0.15) is 30.5 Å². The lowest BCUT2D eigenvalue weighted by Gasteiger charge is -2.18. The fraction of sp³-hybridized carbons (Fsp3) is 0.226. The van der Waals surface area contributed by atoms with Crippen molar-refractivity contribution in [2.75, 3.05) is 18.5 Å². The van der Waals surface area contributed by atoms with E-state index < -0.39 is 0 Å². The molecule has 5 aromatic rings. The first-order valence-electron chi connectivity index (χ1n) is 12.0. The molecule has 4 heteroatoms. The number of fused-ring (bicyclic) bond motifs is 4. The number of aromatic nitrogens is 1. The summed E-state index contributed by atoms with van der Waals surface area (Å²) in [5.74, 6) is 0. The van der Waals surface area contributed by atoms with Crippen molar-refractivity contribution in [1.29, 1.82) is 5.26 Å². The second kappa shape index (κ2) is 7.45. The fourth-order valence-electron chi connectivity index (χ4n) is 5.92. The van der Waals surface area contributed by atoms with Gasteiger partial charge in [-0.15, -0.1) is 0 Å². The van der Waals surface area contributed by atoms with Gasteiger partial charge in [-0.2, -0.15) is 5.26 Å². The van der Waals surface area contributed by atoms with Crippen LogP contribution in [0.2, 0.25) is 0 Å². The van der Waals surface area contributed by atoms with Crippen molar-refractivity contribution < 1.29 is 8.98 Å². The van der Waals surface area contributed by atoms with E-state index in [0.29, 0.717) is 5.56 Å². The zero-order valence-corrected chi connectivity index (χ0v) is 20.8. The van der Waals surface area contributed by atoms with Crippen molar-refractivity contribution in [1.82, 2.24) is 0 Å². The van der Waals surface area contributed by atoms with Gasteiger partial charge in [0.05, 0.1) is 17.2 Å². The molecule has 0 saturated carbocycles. The highest BCUT2D eigenvalue weighted by Crippen LogP contribution is 2.49. The molecule has 3 heterocycles. The summed E-state index contributed by atoms with van der Waals surface area (Å²) < 4.78 is 8.89. The number of pyridine rings is 1. The summed E-state index contributed by atoms with van der Waals surface area (Å²) >= 11 is 0. The van der Waals surface area contributed by atoms with E-state index in [2.05, 4.69) is 99.1 Å². The third-order valence-electron chi connectivity index (χ3n) is 7.50. The highest BCUT2D eigenvalue weighted by atomic mass is 16.3. The molecule has 3 aromatic carbocycles. The van der Waals surface area contributed by atoms with Gasteiger partial charge in [0.15, 0.2) is 6.20 Å². The number of rotatable bonds is 2. The maximum atomic E-state index is 10.1. The normalized spacial score (nSPS) is 14.5. The molecule has 0 aliphatic carbocycles. The summed E-state index contributed by atoms with van der Waals surface area (Å²) in [6.45, 7) is 7.62. The third-order valence-corrected chi connectivity index (χ3v) is 7.50. The Hall–Kier alpha value is -4.10. The molecule has 0 radical (unpaired) electrons. The summed E-state index contributed by atoms with van der Waals surface area (Å²) in [7, 11) is 4.19. The maximum absolute atomic E-state index is 10.1. The van der Waals surface area contributed by atoms with Gasteiger partial charge in [-0.05, 0) is 36.2 Å². The number of hydrogen-bond donors (Lipinski definition) is 0. The molecule has 4 nitrogen and oxygen atoms in total. The molecule has 0 saturated heterocycles. The highest BCUT2D eigenvalue weighted by Gasteiger charge is 2.36. The molecule has 0 atom stereocenters. The van der Waals surface area contributed by atoms with Crippen LogP contribution in [0.15, 0.2) is 71.3 Å². The van der Waals surface area contributed by atoms with Crippen LogP contribution in [-0.2, 0) is 12.5 Å².